The molecule has 0 spiro atoms. The average Bonchev–Trinajstić information content (AvgIpc) is 2.52. The van der Waals surface area contributed by atoms with Crippen LogP contribution in [0.25, 0.3) is 11.6 Å². The molecule has 0 aliphatic rings. The maximum atomic E-state index is 11.6. The maximum Gasteiger partial charge on any atom is 0.336 e. The number of aromatic carboxylic acids is 1. The first-order chi connectivity index (χ1) is 10.5. The Hall–Kier alpha value is -3.08. The van der Waals surface area contributed by atoms with Crippen molar-refractivity contribution in [1.82, 2.24) is 0 Å². The molecule has 0 unspecified atom stereocenters. The van der Waals surface area contributed by atoms with Crippen LogP contribution in [0.1, 0.15) is 21.5 Å². The molecule has 0 saturated carbocycles. The molecule has 0 aromatic heterocycles. The van der Waals surface area contributed by atoms with Gasteiger partial charge in [-0.1, -0.05) is 36.4 Å². The molecule has 0 aliphatic carbocycles. The van der Waals surface area contributed by atoms with E-state index in [2.05, 4.69) is 0 Å². The molecule has 0 bridgehead atoms. The van der Waals surface area contributed by atoms with Gasteiger partial charge >= 0.3 is 11.9 Å². The first-order valence-electron chi connectivity index (χ1n) is 6.45. The van der Waals surface area contributed by atoms with Crippen LogP contribution in [0.15, 0.2) is 48.5 Å². The summed E-state index contributed by atoms with van der Waals surface area (Å²) >= 11 is 0. The molecule has 0 atom stereocenters. The van der Waals surface area contributed by atoms with Gasteiger partial charge < -0.3 is 14.9 Å². The van der Waals surface area contributed by atoms with Gasteiger partial charge in [0.1, 0.15) is 5.75 Å². The van der Waals surface area contributed by atoms with Crippen LogP contribution in [0.2, 0.25) is 0 Å². The maximum absolute atomic E-state index is 11.6. The van der Waals surface area contributed by atoms with Gasteiger partial charge in [-0.2, -0.15) is 0 Å². The van der Waals surface area contributed by atoms with Crippen LogP contribution in [0.4, 0.5) is 0 Å². The first kappa shape index (κ1) is 15.3. The highest BCUT2D eigenvalue weighted by Gasteiger charge is 2.17. The summed E-state index contributed by atoms with van der Waals surface area (Å²) in [4.78, 5) is 22.8. The van der Waals surface area contributed by atoms with E-state index in [-0.39, 0.29) is 11.1 Å². The topological polar surface area (TPSA) is 83.8 Å². The van der Waals surface area contributed by atoms with Crippen molar-refractivity contribution in [3.05, 3.63) is 65.2 Å². The molecule has 5 nitrogen and oxygen atoms in total. The lowest BCUT2D eigenvalue weighted by Crippen LogP contribution is -2.04. The Bertz CT molecular complexity index is 746. The molecule has 2 rings (SSSR count). The average molecular weight is 298 g/mol. The number of aliphatic carboxylic acids is 1. The summed E-state index contributed by atoms with van der Waals surface area (Å²) in [5, 5.41) is 18.7. The lowest BCUT2D eigenvalue weighted by Gasteiger charge is -2.09. The zero-order valence-electron chi connectivity index (χ0n) is 11.8. The molecule has 0 saturated heterocycles. The van der Waals surface area contributed by atoms with Crippen molar-refractivity contribution in [2.75, 3.05) is 7.11 Å². The van der Waals surface area contributed by atoms with Gasteiger partial charge in [0.05, 0.1) is 18.2 Å². The number of hydrogen-bond donors (Lipinski definition) is 2. The highest BCUT2D eigenvalue weighted by Crippen LogP contribution is 2.28. The van der Waals surface area contributed by atoms with Crippen molar-refractivity contribution in [1.29, 1.82) is 0 Å². The molecule has 2 aromatic carbocycles. The van der Waals surface area contributed by atoms with E-state index in [1.165, 1.54) is 19.3 Å². The fourth-order valence-electron chi connectivity index (χ4n) is 2.09. The summed E-state index contributed by atoms with van der Waals surface area (Å²) < 4.78 is 5.17. The number of benzene rings is 2. The van der Waals surface area contributed by atoms with Crippen molar-refractivity contribution in [3.63, 3.8) is 0 Å². The molecule has 0 amide bonds. The van der Waals surface area contributed by atoms with Crippen LogP contribution in [-0.4, -0.2) is 29.3 Å². The minimum atomic E-state index is -1.16. The number of carboxylic acids is 2. The summed E-state index contributed by atoms with van der Waals surface area (Å²) in [6, 6.07) is 12.9. The molecule has 112 valence electrons. The predicted molar refractivity (Wildman–Crippen MR) is 81.9 cm³/mol. The third-order valence-corrected chi connectivity index (χ3v) is 3.12. The Balaban J connectivity index is 2.63. The van der Waals surface area contributed by atoms with Gasteiger partial charge in [-0.05, 0) is 23.8 Å². The van der Waals surface area contributed by atoms with E-state index in [0.717, 1.165) is 0 Å². The van der Waals surface area contributed by atoms with E-state index in [1.54, 1.807) is 42.5 Å². The zero-order chi connectivity index (χ0) is 16.1. The summed E-state index contributed by atoms with van der Waals surface area (Å²) in [5.41, 5.74) is 0.707. The first-order valence-corrected chi connectivity index (χ1v) is 6.45. The highest BCUT2D eigenvalue weighted by molar-refractivity contribution is 6.22. The largest absolute Gasteiger partial charge is 0.496 e. The number of hydrogen-bond acceptors (Lipinski definition) is 3. The lowest BCUT2D eigenvalue weighted by atomic mass is 9.99. The van der Waals surface area contributed by atoms with Crippen molar-refractivity contribution in [2.45, 2.75) is 0 Å². The lowest BCUT2D eigenvalue weighted by molar-refractivity contribution is -0.130. The van der Waals surface area contributed by atoms with Gasteiger partial charge in [-0.15, -0.1) is 0 Å². The Morgan fingerprint density at radius 2 is 1.55 bits per heavy atom. The summed E-state index contributed by atoms with van der Waals surface area (Å²) in [6.45, 7) is 0. The van der Waals surface area contributed by atoms with Crippen LogP contribution < -0.4 is 4.74 Å². The molecule has 0 aliphatic heterocycles. The number of methoxy groups -OCH3 is 1. The van der Waals surface area contributed by atoms with E-state index >= 15 is 0 Å². The van der Waals surface area contributed by atoms with Gasteiger partial charge in [0, 0.05) is 5.56 Å². The second kappa shape index (κ2) is 6.58. The Kier molecular flexibility index (Phi) is 4.58. The standard InChI is InChI=1S/C17H14O5/c1-22-15-9-5-4-8-13(15)14(17(20)21)10-11-6-2-3-7-12(11)16(18)19/h2-10H,1H3,(H,18,19)(H,20,21)/b14-10-. The zero-order valence-corrected chi connectivity index (χ0v) is 11.8. The molecular weight excluding hydrogens is 284 g/mol. The Morgan fingerprint density at radius 3 is 2.14 bits per heavy atom. The second-order valence-corrected chi connectivity index (χ2v) is 4.46. The molecule has 0 heterocycles. The molecule has 5 heteroatoms. The van der Waals surface area contributed by atoms with Gasteiger partial charge in [-0.3, -0.25) is 0 Å². The van der Waals surface area contributed by atoms with Gasteiger partial charge in [0.25, 0.3) is 0 Å². The summed E-state index contributed by atoms with van der Waals surface area (Å²) in [6.07, 6.45) is 1.34. The van der Waals surface area contributed by atoms with Crippen molar-refractivity contribution in [2.24, 2.45) is 0 Å². The fourth-order valence-corrected chi connectivity index (χ4v) is 2.09. The Morgan fingerprint density at radius 1 is 0.955 bits per heavy atom. The quantitative estimate of drug-likeness (QED) is 0.655. The normalized spacial score (nSPS) is 11.0. The van der Waals surface area contributed by atoms with E-state index < -0.39 is 11.9 Å². The van der Waals surface area contributed by atoms with Crippen LogP contribution in [0.5, 0.6) is 5.75 Å². The number of carbonyl (C=O) groups is 2. The predicted octanol–water partition coefficient (Wildman–Crippen LogP) is 3.02. The number of carboxylic acid groups (broad SMARTS) is 2. The van der Waals surface area contributed by atoms with E-state index in [0.29, 0.717) is 16.9 Å². The minimum absolute atomic E-state index is 0.0360. The number of ether oxygens (including phenoxy) is 1. The third kappa shape index (κ3) is 3.15. The van der Waals surface area contributed by atoms with Gasteiger partial charge in [0.2, 0.25) is 0 Å². The summed E-state index contributed by atoms with van der Waals surface area (Å²) in [5.74, 6) is -1.87. The number of para-hydroxylation sites is 1. The number of rotatable bonds is 5. The molecule has 0 radical (unpaired) electrons. The second-order valence-electron chi connectivity index (χ2n) is 4.46. The monoisotopic (exact) mass is 298 g/mol. The van der Waals surface area contributed by atoms with Crippen LogP contribution in [0, 0.1) is 0 Å². The third-order valence-electron chi connectivity index (χ3n) is 3.12. The molecular formula is C17H14O5. The Labute approximate surface area is 127 Å². The fraction of sp³-hybridized carbons (Fsp3) is 0.0588. The molecule has 2 aromatic rings. The van der Waals surface area contributed by atoms with Crippen molar-refractivity contribution < 1.29 is 24.5 Å². The molecule has 2 N–H and O–H groups in total. The van der Waals surface area contributed by atoms with Crippen LogP contribution in [0.3, 0.4) is 0 Å². The SMILES string of the molecule is COc1ccccc1/C(=C/c1ccccc1C(=O)O)C(=O)O. The van der Waals surface area contributed by atoms with E-state index in [4.69, 9.17) is 4.74 Å². The van der Waals surface area contributed by atoms with Crippen LogP contribution >= 0.6 is 0 Å². The van der Waals surface area contributed by atoms with Crippen molar-refractivity contribution >= 4 is 23.6 Å². The van der Waals surface area contributed by atoms with Crippen molar-refractivity contribution in [3.8, 4) is 5.75 Å². The summed E-state index contributed by atoms with van der Waals surface area (Å²) in [7, 11) is 1.45. The molecule has 22 heavy (non-hydrogen) atoms. The minimum Gasteiger partial charge on any atom is -0.496 e. The molecule has 0 fully saturated rings. The van der Waals surface area contributed by atoms with E-state index in [9.17, 15) is 19.8 Å². The van der Waals surface area contributed by atoms with Gasteiger partial charge in [0.15, 0.2) is 0 Å². The van der Waals surface area contributed by atoms with E-state index in [1.807, 2.05) is 0 Å². The van der Waals surface area contributed by atoms with Crippen LogP contribution in [-0.2, 0) is 4.79 Å². The highest BCUT2D eigenvalue weighted by atomic mass is 16.5. The smallest absolute Gasteiger partial charge is 0.336 e. The van der Waals surface area contributed by atoms with Gasteiger partial charge in [-0.25, -0.2) is 9.59 Å².